The van der Waals surface area contributed by atoms with Crippen molar-refractivity contribution < 1.29 is 4.79 Å². The number of hydrogen-bond donors (Lipinski definition) is 0. The molecule has 0 bridgehead atoms. The van der Waals surface area contributed by atoms with Gasteiger partial charge in [0.15, 0.2) is 5.78 Å². The molecular weight excluding hydrogens is 961 g/mol. The second kappa shape index (κ2) is 20.0. The molecule has 11 aromatic rings. The fourth-order valence-electron chi connectivity index (χ4n) is 12.3. The summed E-state index contributed by atoms with van der Waals surface area (Å²) in [4.78, 5) is 24.2. The lowest BCUT2D eigenvalue weighted by Crippen LogP contribution is -2.38. The maximum Gasteiger partial charge on any atom is 0.193 e. The molecule has 0 amide bonds. The van der Waals surface area contributed by atoms with Gasteiger partial charge >= 0.3 is 0 Å². The SMILES string of the molecule is O=C1c2ccccc2C(c2ccccc2)(c2ccccc2)c2cc(-c3ccc(N4c5ccc(N(C6=CCCC=C6)c6ccccc6)cc5N(c5ccccc5)c5cc(N(c6ccccc6)c6ccccc6)ccc54)cc3)ccc21. The van der Waals surface area contributed by atoms with Crippen molar-refractivity contribution in [3.63, 3.8) is 0 Å². The van der Waals surface area contributed by atoms with Gasteiger partial charge in [-0.3, -0.25) is 4.79 Å². The first-order valence-electron chi connectivity index (χ1n) is 27.2. The van der Waals surface area contributed by atoms with Crippen molar-refractivity contribution in [1.82, 2.24) is 0 Å². The van der Waals surface area contributed by atoms with Crippen LogP contribution in [-0.4, -0.2) is 5.78 Å². The van der Waals surface area contributed by atoms with Gasteiger partial charge in [-0.1, -0.05) is 194 Å². The number of allylic oxidation sites excluding steroid dienone is 3. The molecule has 1 heterocycles. The van der Waals surface area contributed by atoms with Gasteiger partial charge in [-0.2, -0.15) is 0 Å². The summed E-state index contributed by atoms with van der Waals surface area (Å²) in [6.45, 7) is 0. The number of carbonyl (C=O) groups excluding carboxylic acids is 1. The Bertz CT molecular complexity index is 4010. The lowest BCUT2D eigenvalue weighted by molar-refractivity contribution is 0.103. The first-order chi connectivity index (χ1) is 39.1. The van der Waals surface area contributed by atoms with Gasteiger partial charge in [-0.15, -0.1) is 0 Å². The second-order valence-corrected chi connectivity index (χ2v) is 20.3. The third-order valence-electron chi connectivity index (χ3n) is 15.8. The molecule has 1 aliphatic heterocycles. The van der Waals surface area contributed by atoms with Crippen molar-refractivity contribution in [2.75, 3.05) is 19.6 Å². The average Bonchev–Trinajstić information content (AvgIpc) is 3.70. The van der Waals surface area contributed by atoms with Crippen LogP contribution < -0.4 is 19.6 Å². The summed E-state index contributed by atoms with van der Waals surface area (Å²) in [5.41, 5.74) is 19.7. The second-order valence-electron chi connectivity index (χ2n) is 20.3. The molecule has 0 unspecified atom stereocenters. The van der Waals surface area contributed by atoms with Crippen LogP contribution in [0.2, 0.25) is 0 Å². The maximum absolute atomic E-state index is 14.6. The van der Waals surface area contributed by atoms with Crippen LogP contribution in [-0.2, 0) is 5.41 Å². The Balaban J connectivity index is 0.955. The van der Waals surface area contributed by atoms with Gasteiger partial charge in [0.25, 0.3) is 0 Å². The molecule has 79 heavy (non-hydrogen) atoms. The van der Waals surface area contributed by atoms with E-state index in [-0.39, 0.29) is 5.78 Å². The highest BCUT2D eigenvalue weighted by molar-refractivity contribution is 6.14. The van der Waals surface area contributed by atoms with E-state index in [9.17, 15) is 4.79 Å². The number of ketones is 1. The maximum atomic E-state index is 14.6. The molecule has 0 fully saturated rings. The monoisotopic (exact) mass is 1010 g/mol. The summed E-state index contributed by atoms with van der Waals surface area (Å²) in [6.07, 6.45) is 8.89. The number of rotatable bonds is 11. The van der Waals surface area contributed by atoms with Crippen LogP contribution in [0.3, 0.4) is 0 Å². The minimum atomic E-state index is -0.738. The van der Waals surface area contributed by atoms with Crippen LogP contribution in [0, 0.1) is 0 Å². The van der Waals surface area contributed by atoms with Gasteiger partial charge in [-0.25, -0.2) is 0 Å². The summed E-state index contributed by atoms with van der Waals surface area (Å²) >= 11 is 0. The van der Waals surface area contributed by atoms with Crippen LogP contribution in [0.5, 0.6) is 0 Å². The van der Waals surface area contributed by atoms with Crippen molar-refractivity contribution in [2.24, 2.45) is 0 Å². The van der Waals surface area contributed by atoms with E-state index in [4.69, 9.17) is 0 Å². The fourth-order valence-corrected chi connectivity index (χ4v) is 12.3. The van der Waals surface area contributed by atoms with Gasteiger partial charge < -0.3 is 19.6 Å². The first-order valence-corrected chi connectivity index (χ1v) is 27.2. The summed E-state index contributed by atoms with van der Waals surface area (Å²) in [5, 5.41) is 0. The number of benzene rings is 11. The minimum Gasteiger partial charge on any atom is -0.311 e. The third kappa shape index (κ3) is 8.14. The molecule has 3 aliphatic rings. The van der Waals surface area contributed by atoms with E-state index in [2.05, 4.69) is 305 Å². The lowest BCUT2D eigenvalue weighted by Gasteiger charge is -2.42. The average molecular weight is 1020 g/mol. The van der Waals surface area contributed by atoms with E-state index >= 15 is 0 Å². The highest BCUT2D eigenvalue weighted by Gasteiger charge is 2.46. The molecule has 0 saturated heterocycles. The molecule has 14 rings (SSSR count). The normalized spacial score (nSPS) is 13.8. The van der Waals surface area contributed by atoms with Gasteiger partial charge in [0.05, 0.1) is 28.2 Å². The van der Waals surface area contributed by atoms with Crippen LogP contribution in [0.15, 0.2) is 309 Å². The zero-order valence-corrected chi connectivity index (χ0v) is 43.5. The molecule has 0 N–H and O–H groups in total. The Morgan fingerprint density at radius 2 is 0.797 bits per heavy atom. The molecule has 0 saturated carbocycles. The van der Waals surface area contributed by atoms with Crippen molar-refractivity contribution in [3.05, 3.63) is 342 Å². The van der Waals surface area contributed by atoms with Gasteiger partial charge in [0.2, 0.25) is 0 Å². The molecule has 2 aliphatic carbocycles. The number of anilines is 11. The largest absolute Gasteiger partial charge is 0.311 e. The van der Waals surface area contributed by atoms with Gasteiger partial charge in [-0.05, 0) is 155 Å². The summed E-state index contributed by atoms with van der Waals surface area (Å²) in [5.74, 6) is 0.0442. The fraction of sp³-hybridized carbons (Fsp3) is 0.0405. The third-order valence-corrected chi connectivity index (χ3v) is 15.8. The zero-order chi connectivity index (χ0) is 52.7. The Morgan fingerprint density at radius 3 is 1.35 bits per heavy atom. The molecule has 0 spiro atoms. The van der Waals surface area contributed by atoms with Crippen LogP contribution >= 0.6 is 0 Å². The number of para-hydroxylation sites is 4. The van der Waals surface area contributed by atoms with Crippen LogP contribution in [0.1, 0.15) is 51.0 Å². The Hall–Kier alpha value is -10.2. The first kappa shape index (κ1) is 47.2. The molecule has 0 radical (unpaired) electrons. The Labute approximate surface area is 462 Å². The van der Waals surface area contributed by atoms with Gasteiger partial charge in [0.1, 0.15) is 0 Å². The summed E-state index contributed by atoms with van der Waals surface area (Å²) in [7, 11) is 0. The van der Waals surface area contributed by atoms with Crippen molar-refractivity contribution >= 4 is 68.3 Å². The van der Waals surface area contributed by atoms with Crippen molar-refractivity contribution in [1.29, 1.82) is 0 Å². The van der Waals surface area contributed by atoms with Crippen molar-refractivity contribution in [3.8, 4) is 11.1 Å². The molecule has 11 aromatic carbocycles. The number of carbonyl (C=O) groups is 1. The van der Waals surface area contributed by atoms with Crippen LogP contribution in [0.25, 0.3) is 11.1 Å². The predicted molar refractivity (Wildman–Crippen MR) is 326 cm³/mol. The molecule has 0 aromatic heterocycles. The number of nitrogens with zero attached hydrogens (tertiary/aromatic N) is 4. The van der Waals surface area contributed by atoms with E-state index in [1.807, 2.05) is 18.2 Å². The standard InChI is InChI=1S/C74H54N4O/c79-73-65-38-22-23-39-67(65)74(55-24-8-1-9-25-55,56-26-10-2-11-27-56)68-50-54(42-47-66(68)73)53-40-43-62(44-41-53)77-69-48-45-63(75(57-28-12-3-13-29-57)58-30-14-4-15-31-58)51-71(69)78(61-36-20-7-21-37-61)72-52-64(46-49-70(72)77)76(59-32-16-5-17-33-59)60-34-18-6-19-35-60/h1-5,7-18,20-52H,6,19H2. The van der Waals surface area contributed by atoms with Crippen LogP contribution in [0.4, 0.5) is 62.6 Å². The molecule has 5 nitrogen and oxygen atoms in total. The Morgan fingerprint density at radius 1 is 0.342 bits per heavy atom. The molecular formula is C74H54N4O. The zero-order valence-electron chi connectivity index (χ0n) is 43.5. The summed E-state index contributed by atoms with van der Waals surface area (Å²) < 4.78 is 0. The Kier molecular flexibility index (Phi) is 12.0. The lowest BCUT2D eigenvalue weighted by atomic mass is 9.59. The molecule has 5 heteroatoms. The van der Waals surface area contributed by atoms with E-state index in [0.717, 1.165) is 126 Å². The van der Waals surface area contributed by atoms with E-state index in [1.165, 1.54) is 0 Å². The minimum absolute atomic E-state index is 0.0442. The van der Waals surface area contributed by atoms with Gasteiger partial charge in [0, 0.05) is 56.6 Å². The number of hydrogen-bond acceptors (Lipinski definition) is 5. The molecule has 376 valence electrons. The summed E-state index contributed by atoms with van der Waals surface area (Å²) in [6, 6.07) is 101. The smallest absolute Gasteiger partial charge is 0.193 e. The van der Waals surface area contributed by atoms with E-state index in [0.29, 0.717) is 0 Å². The highest BCUT2D eigenvalue weighted by atomic mass is 16.1. The quantitative estimate of drug-likeness (QED) is 0.129. The topological polar surface area (TPSA) is 30.0 Å². The van der Waals surface area contributed by atoms with E-state index in [1.54, 1.807) is 0 Å². The number of fused-ring (bicyclic) bond motifs is 4. The highest BCUT2D eigenvalue weighted by Crippen LogP contribution is 2.58. The van der Waals surface area contributed by atoms with Crippen molar-refractivity contribution in [2.45, 2.75) is 18.3 Å². The molecule has 0 atom stereocenters. The predicted octanol–water partition coefficient (Wildman–Crippen LogP) is 19.4. The van der Waals surface area contributed by atoms with E-state index < -0.39 is 5.41 Å².